The lowest BCUT2D eigenvalue weighted by atomic mass is 10.1. The summed E-state index contributed by atoms with van der Waals surface area (Å²) in [6, 6.07) is 13.5. The van der Waals surface area contributed by atoms with Crippen LogP contribution in [-0.4, -0.2) is 11.6 Å². The van der Waals surface area contributed by atoms with E-state index in [2.05, 4.69) is 17.5 Å². The molecule has 0 aliphatic heterocycles. The maximum atomic E-state index is 13.0. The van der Waals surface area contributed by atoms with Gasteiger partial charge < -0.3 is 0 Å². The number of hydrogen-bond acceptors (Lipinski definition) is 2. The van der Waals surface area contributed by atoms with E-state index in [4.69, 9.17) is 0 Å². The van der Waals surface area contributed by atoms with Gasteiger partial charge >= 0.3 is 0 Å². The first kappa shape index (κ1) is 14.9. The predicted octanol–water partition coefficient (Wildman–Crippen LogP) is 3.54. The van der Waals surface area contributed by atoms with E-state index in [9.17, 15) is 9.18 Å². The fourth-order valence-corrected chi connectivity index (χ4v) is 1.88. The van der Waals surface area contributed by atoms with Crippen molar-refractivity contribution >= 4 is 11.6 Å². The Labute approximate surface area is 123 Å². The summed E-state index contributed by atoms with van der Waals surface area (Å²) in [5.41, 5.74) is 5.56. The van der Waals surface area contributed by atoms with Crippen LogP contribution >= 0.6 is 0 Å². The molecule has 0 atom stereocenters. The van der Waals surface area contributed by atoms with E-state index >= 15 is 0 Å². The van der Waals surface area contributed by atoms with Gasteiger partial charge in [-0.25, -0.2) is 9.82 Å². The van der Waals surface area contributed by atoms with Crippen LogP contribution in [0.25, 0.3) is 0 Å². The standard InChI is InChI=1S/C17H17FN2O/c1-3-13-7-9-14(10-8-13)12(2)19-20-17(21)15-5-4-6-16(18)11-15/h4-11H,3H2,1-2H3,(H,20,21)/b19-12+. The smallest absolute Gasteiger partial charge is 0.267 e. The number of halogens is 1. The lowest BCUT2D eigenvalue weighted by Crippen LogP contribution is -2.19. The average molecular weight is 284 g/mol. The summed E-state index contributed by atoms with van der Waals surface area (Å²) in [6.07, 6.45) is 0.979. The Morgan fingerprint density at radius 2 is 1.86 bits per heavy atom. The van der Waals surface area contributed by atoms with Crippen LogP contribution in [-0.2, 0) is 6.42 Å². The molecule has 2 rings (SSSR count). The molecule has 108 valence electrons. The summed E-state index contributed by atoms with van der Waals surface area (Å²) < 4.78 is 13.0. The zero-order chi connectivity index (χ0) is 15.2. The molecule has 2 aromatic carbocycles. The van der Waals surface area contributed by atoms with E-state index in [0.29, 0.717) is 5.71 Å². The lowest BCUT2D eigenvalue weighted by molar-refractivity contribution is 0.0954. The van der Waals surface area contributed by atoms with Gasteiger partial charge in [-0.15, -0.1) is 0 Å². The molecule has 0 heterocycles. The second kappa shape index (κ2) is 6.79. The number of nitrogens with one attached hydrogen (secondary N) is 1. The Bertz CT molecular complexity index is 663. The van der Waals surface area contributed by atoms with Crippen molar-refractivity contribution in [3.63, 3.8) is 0 Å². The number of carbonyl (C=O) groups is 1. The first-order valence-electron chi connectivity index (χ1n) is 6.79. The third-order valence-corrected chi connectivity index (χ3v) is 3.19. The Hall–Kier alpha value is -2.49. The van der Waals surface area contributed by atoms with Gasteiger partial charge in [-0.05, 0) is 42.7 Å². The predicted molar refractivity (Wildman–Crippen MR) is 81.9 cm³/mol. The van der Waals surface area contributed by atoms with Crippen LogP contribution in [0.5, 0.6) is 0 Å². The number of aryl methyl sites for hydroxylation is 1. The van der Waals surface area contributed by atoms with Crippen molar-refractivity contribution in [2.24, 2.45) is 5.10 Å². The Balaban J connectivity index is 2.07. The van der Waals surface area contributed by atoms with Crippen LogP contribution in [0.2, 0.25) is 0 Å². The molecule has 0 saturated heterocycles. The van der Waals surface area contributed by atoms with Crippen LogP contribution < -0.4 is 5.43 Å². The average Bonchev–Trinajstić information content (AvgIpc) is 2.52. The summed E-state index contributed by atoms with van der Waals surface area (Å²) >= 11 is 0. The highest BCUT2D eigenvalue weighted by Gasteiger charge is 2.05. The van der Waals surface area contributed by atoms with Crippen molar-refractivity contribution in [1.29, 1.82) is 0 Å². The van der Waals surface area contributed by atoms with Crippen molar-refractivity contribution in [3.05, 3.63) is 71.0 Å². The number of hydrazone groups is 1. The highest BCUT2D eigenvalue weighted by Crippen LogP contribution is 2.07. The maximum Gasteiger partial charge on any atom is 0.271 e. The van der Waals surface area contributed by atoms with Crippen LogP contribution in [0.1, 0.15) is 35.3 Å². The molecular formula is C17H17FN2O. The number of nitrogens with zero attached hydrogens (tertiary/aromatic N) is 1. The molecule has 0 saturated carbocycles. The summed E-state index contributed by atoms with van der Waals surface area (Å²) in [5, 5.41) is 4.05. The maximum absolute atomic E-state index is 13.0. The van der Waals surface area contributed by atoms with Gasteiger partial charge in [0.05, 0.1) is 5.71 Å². The molecular weight excluding hydrogens is 267 g/mol. The largest absolute Gasteiger partial charge is 0.271 e. The van der Waals surface area contributed by atoms with E-state index in [1.165, 1.54) is 23.8 Å². The Morgan fingerprint density at radius 3 is 2.48 bits per heavy atom. The number of rotatable bonds is 4. The van der Waals surface area contributed by atoms with E-state index < -0.39 is 11.7 Å². The zero-order valence-corrected chi connectivity index (χ0v) is 12.1. The minimum Gasteiger partial charge on any atom is -0.267 e. The molecule has 0 unspecified atom stereocenters. The van der Waals surface area contributed by atoms with Gasteiger partial charge in [0.1, 0.15) is 5.82 Å². The van der Waals surface area contributed by atoms with Crippen molar-refractivity contribution < 1.29 is 9.18 Å². The molecule has 3 nitrogen and oxygen atoms in total. The minimum atomic E-state index is -0.446. The molecule has 1 amide bonds. The molecule has 0 radical (unpaired) electrons. The Morgan fingerprint density at radius 1 is 1.14 bits per heavy atom. The van der Waals surface area contributed by atoms with Crippen LogP contribution in [0.3, 0.4) is 0 Å². The van der Waals surface area contributed by atoms with Gasteiger partial charge in [-0.2, -0.15) is 5.10 Å². The minimum absolute atomic E-state index is 0.243. The van der Waals surface area contributed by atoms with Crippen molar-refractivity contribution in [1.82, 2.24) is 5.43 Å². The van der Waals surface area contributed by atoms with E-state index in [1.54, 1.807) is 6.07 Å². The van der Waals surface area contributed by atoms with Gasteiger partial charge in [0, 0.05) is 5.56 Å². The van der Waals surface area contributed by atoms with Gasteiger partial charge in [0.2, 0.25) is 0 Å². The van der Waals surface area contributed by atoms with Gasteiger partial charge in [0.25, 0.3) is 5.91 Å². The molecule has 0 aliphatic carbocycles. The molecule has 1 N–H and O–H groups in total. The highest BCUT2D eigenvalue weighted by molar-refractivity contribution is 6.00. The summed E-state index contributed by atoms with van der Waals surface area (Å²) in [7, 11) is 0. The van der Waals surface area contributed by atoms with Crippen molar-refractivity contribution in [3.8, 4) is 0 Å². The second-order valence-electron chi connectivity index (χ2n) is 4.70. The normalized spacial score (nSPS) is 11.3. The van der Waals surface area contributed by atoms with Crippen molar-refractivity contribution in [2.45, 2.75) is 20.3 Å². The summed E-state index contributed by atoms with van der Waals surface area (Å²) in [5.74, 6) is -0.877. The number of carbonyl (C=O) groups excluding carboxylic acids is 1. The molecule has 4 heteroatoms. The monoisotopic (exact) mass is 284 g/mol. The molecule has 0 fully saturated rings. The molecule has 0 bridgehead atoms. The van der Waals surface area contributed by atoms with Crippen LogP contribution in [0.15, 0.2) is 53.6 Å². The molecule has 21 heavy (non-hydrogen) atoms. The highest BCUT2D eigenvalue weighted by atomic mass is 19.1. The topological polar surface area (TPSA) is 41.5 Å². The first-order valence-corrected chi connectivity index (χ1v) is 6.79. The number of amides is 1. The third-order valence-electron chi connectivity index (χ3n) is 3.19. The van der Waals surface area contributed by atoms with E-state index in [-0.39, 0.29) is 5.56 Å². The zero-order valence-electron chi connectivity index (χ0n) is 12.1. The number of benzene rings is 2. The van der Waals surface area contributed by atoms with Gasteiger partial charge in [0.15, 0.2) is 0 Å². The van der Waals surface area contributed by atoms with Crippen LogP contribution in [0.4, 0.5) is 4.39 Å². The van der Waals surface area contributed by atoms with E-state index in [0.717, 1.165) is 12.0 Å². The number of hydrogen-bond donors (Lipinski definition) is 1. The van der Waals surface area contributed by atoms with Crippen molar-refractivity contribution in [2.75, 3.05) is 0 Å². The van der Waals surface area contributed by atoms with Gasteiger partial charge in [-0.1, -0.05) is 37.3 Å². The van der Waals surface area contributed by atoms with Gasteiger partial charge in [-0.3, -0.25) is 4.79 Å². The fraction of sp³-hybridized carbons (Fsp3) is 0.176. The molecule has 2 aromatic rings. The molecule has 0 spiro atoms. The summed E-state index contributed by atoms with van der Waals surface area (Å²) in [4.78, 5) is 11.8. The Kier molecular flexibility index (Phi) is 4.82. The third kappa shape index (κ3) is 3.99. The second-order valence-corrected chi connectivity index (χ2v) is 4.70. The first-order chi connectivity index (χ1) is 10.1. The van der Waals surface area contributed by atoms with E-state index in [1.807, 2.05) is 31.2 Å². The SMILES string of the molecule is CCc1ccc(/C(C)=N/NC(=O)c2cccc(F)c2)cc1. The van der Waals surface area contributed by atoms with Crippen LogP contribution in [0, 0.1) is 5.82 Å². The summed E-state index contributed by atoms with van der Waals surface area (Å²) in [6.45, 7) is 3.90. The molecule has 0 aromatic heterocycles. The lowest BCUT2D eigenvalue weighted by Gasteiger charge is -2.04. The fourth-order valence-electron chi connectivity index (χ4n) is 1.88. The quantitative estimate of drug-likeness (QED) is 0.677. The molecule has 0 aliphatic rings.